The van der Waals surface area contributed by atoms with Crippen LogP contribution in [0.4, 0.5) is 4.39 Å². The minimum Gasteiger partial charge on any atom is -0.306 e. The molecule has 0 amide bonds. The number of rotatable bonds is 3. The predicted molar refractivity (Wildman–Crippen MR) is 64.8 cm³/mol. The SMILES string of the molecule is Cc1ccc(CNC2C=CCCC2)cc1F. The first kappa shape index (κ1) is 11.3. The molecule has 1 aliphatic rings. The van der Waals surface area contributed by atoms with E-state index in [4.69, 9.17) is 0 Å². The minimum absolute atomic E-state index is 0.113. The molecule has 1 aromatic rings. The molecule has 0 heterocycles. The Kier molecular flexibility index (Phi) is 3.73. The summed E-state index contributed by atoms with van der Waals surface area (Å²) in [4.78, 5) is 0. The number of allylic oxidation sites excluding steroid dienone is 1. The molecule has 16 heavy (non-hydrogen) atoms. The Morgan fingerprint density at radius 3 is 3.00 bits per heavy atom. The topological polar surface area (TPSA) is 12.0 Å². The lowest BCUT2D eigenvalue weighted by atomic mass is 10.0. The van der Waals surface area contributed by atoms with Crippen LogP contribution in [0.2, 0.25) is 0 Å². The second kappa shape index (κ2) is 5.26. The molecule has 0 saturated carbocycles. The summed E-state index contributed by atoms with van der Waals surface area (Å²) in [5.41, 5.74) is 1.73. The summed E-state index contributed by atoms with van der Waals surface area (Å²) < 4.78 is 13.3. The van der Waals surface area contributed by atoms with E-state index in [1.54, 1.807) is 13.0 Å². The Morgan fingerprint density at radius 1 is 1.44 bits per heavy atom. The first-order valence-corrected chi connectivity index (χ1v) is 5.91. The van der Waals surface area contributed by atoms with E-state index in [0.29, 0.717) is 11.6 Å². The third kappa shape index (κ3) is 2.92. The molecule has 0 spiro atoms. The van der Waals surface area contributed by atoms with Crippen molar-refractivity contribution in [1.29, 1.82) is 0 Å². The first-order valence-electron chi connectivity index (χ1n) is 5.91. The second-order valence-corrected chi connectivity index (χ2v) is 4.43. The number of nitrogens with one attached hydrogen (secondary N) is 1. The largest absolute Gasteiger partial charge is 0.306 e. The van der Waals surface area contributed by atoms with E-state index < -0.39 is 0 Å². The monoisotopic (exact) mass is 219 g/mol. The Balaban J connectivity index is 1.91. The Morgan fingerprint density at radius 2 is 2.31 bits per heavy atom. The number of hydrogen-bond acceptors (Lipinski definition) is 1. The van der Waals surface area contributed by atoms with Crippen LogP contribution in [-0.4, -0.2) is 6.04 Å². The molecular weight excluding hydrogens is 201 g/mol. The molecule has 0 bridgehead atoms. The van der Waals surface area contributed by atoms with Gasteiger partial charge in [0.1, 0.15) is 5.82 Å². The van der Waals surface area contributed by atoms with E-state index >= 15 is 0 Å². The zero-order chi connectivity index (χ0) is 11.4. The lowest BCUT2D eigenvalue weighted by Gasteiger charge is -2.18. The molecule has 1 aliphatic carbocycles. The number of benzene rings is 1. The molecule has 0 fully saturated rings. The molecule has 1 nitrogen and oxygen atoms in total. The quantitative estimate of drug-likeness (QED) is 0.769. The highest BCUT2D eigenvalue weighted by molar-refractivity contribution is 5.23. The summed E-state index contributed by atoms with van der Waals surface area (Å²) >= 11 is 0. The van der Waals surface area contributed by atoms with Crippen LogP contribution in [0.25, 0.3) is 0 Å². The van der Waals surface area contributed by atoms with Crippen molar-refractivity contribution in [2.24, 2.45) is 0 Å². The molecule has 1 N–H and O–H groups in total. The lowest BCUT2D eigenvalue weighted by molar-refractivity contribution is 0.520. The van der Waals surface area contributed by atoms with Crippen LogP contribution in [0.3, 0.4) is 0 Å². The molecule has 0 radical (unpaired) electrons. The maximum absolute atomic E-state index is 13.3. The van der Waals surface area contributed by atoms with Crippen molar-refractivity contribution in [2.45, 2.75) is 38.8 Å². The fourth-order valence-electron chi connectivity index (χ4n) is 1.98. The van der Waals surface area contributed by atoms with Gasteiger partial charge in [-0.2, -0.15) is 0 Å². The summed E-state index contributed by atoms with van der Waals surface area (Å²) in [7, 11) is 0. The third-order valence-corrected chi connectivity index (χ3v) is 3.06. The van der Waals surface area contributed by atoms with Gasteiger partial charge in [-0.05, 0) is 43.4 Å². The van der Waals surface area contributed by atoms with Gasteiger partial charge in [-0.3, -0.25) is 0 Å². The predicted octanol–water partition coefficient (Wildman–Crippen LogP) is 3.33. The van der Waals surface area contributed by atoms with Gasteiger partial charge in [0.2, 0.25) is 0 Å². The molecule has 1 aromatic carbocycles. The van der Waals surface area contributed by atoms with Crippen LogP contribution < -0.4 is 5.32 Å². The van der Waals surface area contributed by atoms with Gasteiger partial charge in [0.05, 0.1) is 0 Å². The fourth-order valence-corrected chi connectivity index (χ4v) is 1.98. The molecule has 1 unspecified atom stereocenters. The van der Waals surface area contributed by atoms with Gasteiger partial charge in [0.15, 0.2) is 0 Å². The van der Waals surface area contributed by atoms with Crippen LogP contribution in [0.15, 0.2) is 30.4 Å². The zero-order valence-corrected chi connectivity index (χ0v) is 9.67. The lowest BCUT2D eigenvalue weighted by Crippen LogP contribution is -2.27. The minimum atomic E-state index is -0.113. The fraction of sp³-hybridized carbons (Fsp3) is 0.429. The molecule has 0 saturated heterocycles. The number of aryl methyl sites for hydroxylation is 1. The maximum Gasteiger partial charge on any atom is 0.126 e. The molecule has 86 valence electrons. The average molecular weight is 219 g/mol. The van der Waals surface area contributed by atoms with E-state index in [9.17, 15) is 4.39 Å². The summed E-state index contributed by atoms with van der Waals surface area (Å²) in [5.74, 6) is -0.113. The highest BCUT2D eigenvalue weighted by Gasteiger charge is 2.07. The standard InChI is InChI=1S/C14H18FN/c1-11-7-8-12(9-14(11)15)10-16-13-5-3-2-4-6-13/h3,5,7-9,13,16H,2,4,6,10H2,1H3. The second-order valence-electron chi connectivity index (χ2n) is 4.43. The van der Waals surface area contributed by atoms with Crippen LogP contribution in [0.1, 0.15) is 30.4 Å². The Labute approximate surface area is 96.4 Å². The van der Waals surface area contributed by atoms with Crippen molar-refractivity contribution in [1.82, 2.24) is 5.32 Å². The van der Waals surface area contributed by atoms with Gasteiger partial charge in [-0.1, -0.05) is 24.3 Å². The molecule has 2 heteroatoms. The maximum atomic E-state index is 13.3. The summed E-state index contributed by atoms with van der Waals surface area (Å²) in [6, 6.07) is 5.90. The first-order chi connectivity index (χ1) is 7.75. The highest BCUT2D eigenvalue weighted by Crippen LogP contribution is 2.12. The molecule has 2 rings (SSSR count). The van der Waals surface area contributed by atoms with Crippen molar-refractivity contribution >= 4 is 0 Å². The zero-order valence-electron chi connectivity index (χ0n) is 9.67. The van der Waals surface area contributed by atoms with Crippen molar-refractivity contribution in [3.8, 4) is 0 Å². The molecule has 0 aliphatic heterocycles. The van der Waals surface area contributed by atoms with Gasteiger partial charge in [-0.25, -0.2) is 4.39 Å². The van der Waals surface area contributed by atoms with E-state index in [1.165, 1.54) is 19.3 Å². The van der Waals surface area contributed by atoms with E-state index in [-0.39, 0.29) is 5.82 Å². The van der Waals surface area contributed by atoms with Crippen LogP contribution in [-0.2, 0) is 6.54 Å². The van der Waals surface area contributed by atoms with Crippen LogP contribution >= 0.6 is 0 Å². The van der Waals surface area contributed by atoms with Crippen LogP contribution in [0, 0.1) is 12.7 Å². The van der Waals surface area contributed by atoms with Gasteiger partial charge < -0.3 is 5.32 Å². The Hall–Kier alpha value is -1.15. The number of hydrogen-bond donors (Lipinski definition) is 1. The van der Waals surface area contributed by atoms with Gasteiger partial charge in [0, 0.05) is 12.6 Å². The van der Waals surface area contributed by atoms with Gasteiger partial charge in [0.25, 0.3) is 0 Å². The van der Waals surface area contributed by atoms with Crippen LogP contribution in [0.5, 0.6) is 0 Å². The Bertz CT molecular complexity index is 384. The van der Waals surface area contributed by atoms with Crippen molar-refractivity contribution < 1.29 is 4.39 Å². The normalized spacial score (nSPS) is 20.0. The molecule has 0 aromatic heterocycles. The summed E-state index contributed by atoms with van der Waals surface area (Å²) in [6.07, 6.45) is 8.06. The highest BCUT2D eigenvalue weighted by atomic mass is 19.1. The average Bonchev–Trinajstić information content (AvgIpc) is 2.32. The summed E-state index contributed by atoms with van der Waals surface area (Å²) in [5, 5.41) is 3.43. The van der Waals surface area contributed by atoms with E-state index in [2.05, 4.69) is 17.5 Å². The van der Waals surface area contributed by atoms with Crippen molar-refractivity contribution in [3.63, 3.8) is 0 Å². The third-order valence-electron chi connectivity index (χ3n) is 3.06. The van der Waals surface area contributed by atoms with Crippen molar-refractivity contribution in [3.05, 3.63) is 47.3 Å². The molecular formula is C14H18FN. The summed E-state index contributed by atoms with van der Waals surface area (Å²) in [6.45, 7) is 2.53. The molecule has 1 atom stereocenters. The van der Waals surface area contributed by atoms with E-state index in [1.807, 2.05) is 12.1 Å². The van der Waals surface area contributed by atoms with Gasteiger partial charge in [-0.15, -0.1) is 0 Å². The smallest absolute Gasteiger partial charge is 0.126 e. The van der Waals surface area contributed by atoms with Gasteiger partial charge >= 0.3 is 0 Å². The number of halogens is 1. The van der Waals surface area contributed by atoms with E-state index in [0.717, 1.165) is 12.1 Å². The van der Waals surface area contributed by atoms with Crippen molar-refractivity contribution in [2.75, 3.05) is 0 Å².